The van der Waals surface area contributed by atoms with E-state index in [1.165, 1.54) is 6.92 Å². The summed E-state index contributed by atoms with van der Waals surface area (Å²) in [6.45, 7) is 3.34. The van der Waals surface area contributed by atoms with Gasteiger partial charge in [-0.1, -0.05) is 0 Å². The zero-order valence-corrected chi connectivity index (χ0v) is 7.09. The van der Waals surface area contributed by atoms with Crippen LogP contribution in [0, 0.1) is 0 Å². The van der Waals surface area contributed by atoms with Gasteiger partial charge in [-0.3, -0.25) is 0 Å². The summed E-state index contributed by atoms with van der Waals surface area (Å²) >= 11 is 0. The quantitative estimate of drug-likeness (QED) is 0.522. The van der Waals surface area contributed by atoms with Crippen molar-refractivity contribution in [3.05, 3.63) is 23.5 Å². The van der Waals surface area contributed by atoms with Crippen LogP contribution in [0.1, 0.15) is 13.8 Å². The number of allylic oxidation sites excluding steroid dienone is 3. The van der Waals surface area contributed by atoms with Crippen LogP contribution in [0.15, 0.2) is 23.5 Å². The fourth-order valence-corrected chi connectivity index (χ4v) is 1.07. The lowest BCUT2D eigenvalue weighted by atomic mass is 9.95. The molecule has 1 rings (SSSR count). The molecular formula is C8H12N2O2. The van der Waals surface area contributed by atoms with Gasteiger partial charge in [-0.2, -0.15) is 0 Å². The van der Waals surface area contributed by atoms with Crippen LogP contribution >= 0.6 is 0 Å². The molecule has 1 heterocycles. The van der Waals surface area contributed by atoms with E-state index >= 15 is 0 Å². The molecule has 0 radical (unpaired) electrons. The Hall–Kier alpha value is -1.45. The molecule has 0 aliphatic carbocycles. The minimum absolute atomic E-state index is 0.320. The fraction of sp³-hybridized carbons (Fsp3) is 0.375. The summed E-state index contributed by atoms with van der Waals surface area (Å²) in [7, 11) is 0. The van der Waals surface area contributed by atoms with E-state index in [0.29, 0.717) is 5.70 Å². The highest BCUT2D eigenvalue weighted by Gasteiger charge is 2.37. The number of nitrogens with one attached hydrogen (secondary N) is 1. The lowest BCUT2D eigenvalue weighted by Gasteiger charge is -2.30. The molecular weight excluding hydrogens is 156 g/mol. The number of hydrogen-bond donors (Lipinski definition) is 3. The third-order valence-corrected chi connectivity index (χ3v) is 1.97. The summed E-state index contributed by atoms with van der Waals surface area (Å²) in [6, 6.07) is 0. The maximum atomic E-state index is 10.8. The zero-order valence-electron chi connectivity index (χ0n) is 7.09. The van der Waals surface area contributed by atoms with Crippen LogP contribution < -0.4 is 11.1 Å². The van der Waals surface area contributed by atoms with Crippen molar-refractivity contribution in [3.8, 4) is 0 Å². The van der Waals surface area contributed by atoms with Crippen LogP contribution in [0.4, 0.5) is 0 Å². The SMILES string of the molecule is CC1=CC=C(N)C(C)(C(=O)O)N1. The number of nitrogens with two attached hydrogens (primary N) is 1. The van der Waals surface area contributed by atoms with Crippen LogP contribution in [-0.2, 0) is 4.79 Å². The Kier molecular flexibility index (Phi) is 1.84. The molecule has 1 atom stereocenters. The molecule has 0 spiro atoms. The van der Waals surface area contributed by atoms with Gasteiger partial charge in [-0.05, 0) is 26.0 Å². The van der Waals surface area contributed by atoms with E-state index in [1.807, 2.05) is 0 Å². The molecule has 0 aromatic heterocycles. The lowest BCUT2D eigenvalue weighted by Crippen LogP contribution is -2.53. The minimum atomic E-state index is -1.15. The van der Waals surface area contributed by atoms with Gasteiger partial charge in [0.1, 0.15) is 0 Å². The zero-order chi connectivity index (χ0) is 9.35. The van der Waals surface area contributed by atoms with Crippen molar-refractivity contribution in [1.29, 1.82) is 0 Å². The molecule has 0 aromatic rings. The maximum Gasteiger partial charge on any atom is 0.335 e. The van der Waals surface area contributed by atoms with Gasteiger partial charge in [0.05, 0.1) is 0 Å². The molecule has 1 unspecified atom stereocenters. The molecule has 12 heavy (non-hydrogen) atoms. The number of rotatable bonds is 1. The van der Waals surface area contributed by atoms with Crippen molar-refractivity contribution in [2.75, 3.05) is 0 Å². The molecule has 1 aliphatic heterocycles. The smallest absolute Gasteiger partial charge is 0.335 e. The predicted molar refractivity (Wildman–Crippen MR) is 45.2 cm³/mol. The van der Waals surface area contributed by atoms with Crippen molar-refractivity contribution in [3.63, 3.8) is 0 Å². The third-order valence-electron chi connectivity index (χ3n) is 1.97. The van der Waals surface area contributed by atoms with Crippen molar-refractivity contribution >= 4 is 5.97 Å². The van der Waals surface area contributed by atoms with E-state index in [1.54, 1.807) is 19.1 Å². The first kappa shape index (κ1) is 8.64. The second-order valence-electron chi connectivity index (χ2n) is 3.03. The number of carboxylic acid groups (broad SMARTS) is 1. The number of hydrogen-bond acceptors (Lipinski definition) is 3. The van der Waals surface area contributed by atoms with E-state index < -0.39 is 11.5 Å². The number of carboxylic acids is 1. The second-order valence-corrected chi connectivity index (χ2v) is 3.03. The molecule has 0 saturated heterocycles. The van der Waals surface area contributed by atoms with Crippen molar-refractivity contribution in [2.45, 2.75) is 19.4 Å². The fourth-order valence-electron chi connectivity index (χ4n) is 1.07. The van der Waals surface area contributed by atoms with Gasteiger partial charge in [-0.15, -0.1) is 0 Å². The molecule has 0 saturated carbocycles. The van der Waals surface area contributed by atoms with E-state index in [4.69, 9.17) is 10.8 Å². The molecule has 4 heteroatoms. The Labute approximate surface area is 70.8 Å². The summed E-state index contributed by atoms with van der Waals surface area (Å²) in [6.07, 6.45) is 3.36. The van der Waals surface area contributed by atoms with Gasteiger partial charge in [-0.25, -0.2) is 4.79 Å². The third kappa shape index (κ3) is 1.15. The molecule has 0 bridgehead atoms. The standard InChI is InChI=1S/C8H12N2O2/c1-5-3-4-6(9)8(2,10-5)7(11)12/h3-4,10H,9H2,1-2H3,(H,11,12). The van der Waals surface area contributed by atoms with Gasteiger partial charge in [0.15, 0.2) is 5.54 Å². The Bertz CT molecular complexity index is 281. The molecule has 4 N–H and O–H groups in total. The average molecular weight is 168 g/mol. The minimum Gasteiger partial charge on any atom is -0.479 e. The topological polar surface area (TPSA) is 75.4 Å². The van der Waals surface area contributed by atoms with Crippen molar-refractivity contribution < 1.29 is 9.90 Å². The molecule has 0 fully saturated rings. The monoisotopic (exact) mass is 168 g/mol. The van der Waals surface area contributed by atoms with Gasteiger partial charge >= 0.3 is 5.97 Å². The van der Waals surface area contributed by atoms with Crippen LogP contribution in [0.25, 0.3) is 0 Å². The van der Waals surface area contributed by atoms with Gasteiger partial charge in [0, 0.05) is 11.4 Å². The predicted octanol–water partition coefficient (Wildman–Crippen LogP) is 0.179. The summed E-state index contributed by atoms with van der Waals surface area (Å²) in [4.78, 5) is 10.8. The van der Waals surface area contributed by atoms with Crippen molar-refractivity contribution in [2.24, 2.45) is 5.73 Å². The van der Waals surface area contributed by atoms with Crippen LogP contribution in [-0.4, -0.2) is 16.6 Å². The van der Waals surface area contributed by atoms with E-state index in [0.717, 1.165) is 5.70 Å². The Morgan fingerprint density at radius 3 is 2.67 bits per heavy atom. The molecule has 0 aromatic carbocycles. The Balaban J connectivity index is 3.04. The highest BCUT2D eigenvalue weighted by Crippen LogP contribution is 2.18. The summed E-state index contributed by atoms with van der Waals surface area (Å²) < 4.78 is 0. The summed E-state index contributed by atoms with van der Waals surface area (Å²) in [5.74, 6) is -0.969. The van der Waals surface area contributed by atoms with E-state index in [9.17, 15) is 4.79 Å². The number of aliphatic carboxylic acids is 1. The Morgan fingerprint density at radius 2 is 2.25 bits per heavy atom. The lowest BCUT2D eigenvalue weighted by molar-refractivity contribution is -0.142. The van der Waals surface area contributed by atoms with Gasteiger partial charge < -0.3 is 16.2 Å². The highest BCUT2D eigenvalue weighted by atomic mass is 16.4. The molecule has 66 valence electrons. The van der Waals surface area contributed by atoms with Crippen LogP contribution in [0.3, 0.4) is 0 Å². The first-order valence-corrected chi connectivity index (χ1v) is 3.63. The molecule has 0 amide bonds. The first-order chi connectivity index (χ1) is 5.47. The normalized spacial score (nSPS) is 28.5. The van der Waals surface area contributed by atoms with Gasteiger partial charge in [0.2, 0.25) is 0 Å². The molecule has 4 nitrogen and oxygen atoms in total. The van der Waals surface area contributed by atoms with E-state index in [2.05, 4.69) is 5.32 Å². The van der Waals surface area contributed by atoms with E-state index in [-0.39, 0.29) is 0 Å². The maximum absolute atomic E-state index is 10.8. The number of dihydropyridines is 1. The summed E-state index contributed by atoms with van der Waals surface area (Å²) in [5, 5.41) is 11.7. The van der Waals surface area contributed by atoms with Crippen LogP contribution in [0.2, 0.25) is 0 Å². The van der Waals surface area contributed by atoms with Gasteiger partial charge in [0.25, 0.3) is 0 Å². The molecule has 1 aliphatic rings. The summed E-state index contributed by atoms with van der Waals surface area (Å²) in [5.41, 5.74) is 5.52. The van der Waals surface area contributed by atoms with Crippen molar-refractivity contribution in [1.82, 2.24) is 5.32 Å². The Morgan fingerprint density at radius 1 is 1.67 bits per heavy atom. The number of carbonyl (C=O) groups is 1. The average Bonchev–Trinajstić information content (AvgIpc) is 1.97. The highest BCUT2D eigenvalue weighted by molar-refractivity contribution is 5.83. The largest absolute Gasteiger partial charge is 0.479 e. The first-order valence-electron chi connectivity index (χ1n) is 3.63. The second kappa shape index (κ2) is 2.55. The van der Waals surface area contributed by atoms with Crippen LogP contribution in [0.5, 0.6) is 0 Å².